The number of fused-ring (bicyclic) bond motifs is 2. The van der Waals surface area contributed by atoms with E-state index in [2.05, 4.69) is 24.5 Å². The molecule has 4 heterocycles. The fourth-order valence-electron chi connectivity index (χ4n) is 7.02. The molecule has 2 amide bonds. The second-order valence-electron chi connectivity index (χ2n) is 16.1. The number of carbonyl (C=O) groups is 4. The Hall–Kier alpha value is -4.72. The van der Waals surface area contributed by atoms with Gasteiger partial charge in [-0.15, -0.1) is 0 Å². The van der Waals surface area contributed by atoms with Gasteiger partial charge in [-0.2, -0.15) is 0 Å². The predicted octanol–water partition coefficient (Wildman–Crippen LogP) is 5.38. The van der Waals surface area contributed by atoms with Crippen LogP contribution in [0.4, 0.5) is 0 Å². The molecule has 0 aromatic heterocycles. The normalized spacial score (nSPS) is 27.0. The van der Waals surface area contributed by atoms with Crippen LogP contribution in [-0.2, 0) is 19.2 Å². The van der Waals surface area contributed by atoms with Crippen LogP contribution in [0.25, 0.3) is 0 Å². The highest BCUT2D eigenvalue weighted by Gasteiger charge is 2.31. The average Bonchev–Trinajstić information content (AvgIpc) is 1.55. The zero-order valence-electron chi connectivity index (χ0n) is 54.5. The first-order chi connectivity index (χ1) is 38.8. The van der Waals surface area contributed by atoms with Crippen LogP contribution in [0.15, 0.2) is 36.4 Å². The number of aliphatic hydroxyl groups is 4. The van der Waals surface area contributed by atoms with E-state index in [1.54, 1.807) is 24.3 Å². The largest absolute Gasteiger partial charge is 0.486 e. The maximum atomic E-state index is 12.8. The molecule has 0 bridgehead atoms. The number of nitrogens with one attached hydrogen (secondary N) is 2. The number of nitrogens with zero attached hydrogens (tertiary/aromatic N) is 2. The lowest BCUT2D eigenvalue weighted by atomic mass is 10.0. The van der Waals surface area contributed by atoms with E-state index in [0.29, 0.717) is 83.2 Å². The highest BCUT2D eigenvalue weighted by molar-refractivity contribution is 5.83. The van der Waals surface area contributed by atoms with Crippen LogP contribution in [0.2, 0.25) is 0 Å². The van der Waals surface area contributed by atoms with Gasteiger partial charge in [-0.3, -0.25) is 9.59 Å². The summed E-state index contributed by atoms with van der Waals surface area (Å²) in [5.41, 5.74) is 0.590. The molecule has 0 radical (unpaired) electrons. The molecular formula is C51H82N4O14. The van der Waals surface area contributed by atoms with Crippen LogP contribution < -0.4 is 29.6 Å². The molecule has 18 heteroatoms. The van der Waals surface area contributed by atoms with Gasteiger partial charge in [0.2, 0.25) is 11.8 Å². The van der Waals surface area contributed by atoms with Crippen molar-refractivity contribution in [2.45, 2.75) is 160 Å². The van der Waals surface area contributed by atoms with Crippen molar-refractivity contribution >= 4 is 23.8 Å². The summed E-state index contributed by atoms with van der Waals surface area (Å²) in [5, 5.41) is 60.4. The van der Waals surface area contributed by atoms with Crippen LogP contribution in [0, 0.1) is 0 Å². The number of carboxylic acids is 2. The van der Waals surface area contributed by atoms with E-state index in [0.717, 1.165) is 51.4 Å². The third-order valence-corrected chi connectivity index (χ3v) is 10.7. The summed E-state index contributed by atoms with van der Waals surface area (Å²) >= 11 is 0. The van der Waals surface area contributed by atoms with E-state index in [-0.39, 0.29) is 20.3 Å². The SMILES string of the molecule is C.O=C(O)[C@H](O)[C@@H](O)C(=O)O.[2H]C1([2H])N(C[C@@H](NC(=O)CCCCCCC)[C@H](O)c2ccc3c(c2)OCCO3)C([2H])([2H])C([2H])([2H])C1([2H])[2H].[2H]C1([2H])N(C[C@@H](NC(=O)CCCCCCC)[C@H](O)c2ccc3c(c2)OCCO3)C([2H])([2H])C([2H])([2H])C1([2H])[2H]. The fraction of sp³-hybridized carbons (Fsp3) is 0.686. The second-order valence-corrected chi connectivity index (χ2v) is 16.1. The lowest BCUT2D eigenvalue weighted by molar-refractivity contribution is -0.165. The maximum absolute atomic E-state index is 12.8. The zero-order chi connectivity index (χ0) is 63.6. The highest BCUT2D eigenvalue weighted by atomic mass is 16.6. The molecule has 2 aromatic carbocycles. The first kappa shape index (κ1) is 38.0. The summed E-state index contributed by atoms with van der Waals surface area (Å²) in [6, 6.07) is 6.77. The van der Waals surface area contributed by atoms with Crippen molar-refractivity contribution in [1.29, 1.82) is 0 Å². The van der Waals surface area contributed by atoms with E-state index in [9.17, 15) is 29.4 Å². The Kier molecular flexibility index (Phi) is 17.8. The number of hydrogen-bond donors (Lipinski definition) is 8. The van der Waals surface area contributed by atoms with Gasteiger partial charge in [-0.1, -0.05) is 84.8 Å². The summed E-state index contributed by atoms with van der Waals surface area (Å²) in [7, 11) is 0. The van der Waals surface area contributed by atoms with Crippen LogP contribution in [0.1, 0.15) is 169 Å². The summed E-state index contributed by atoms with van der Waals surface area (Å²) in [5.74, 6) is -2.68. The van der Waals surface area contributed by atoms with Crippen molar-refractivity contribution in [2.24, 2.45) is 0 Å². The van der Waals surface area contributed by atoms with Crippen molar-refractivity contribution in [3.05, 3.63) is 47.5 Å². The molecule has 4 aliphatic rings. The number of carbonyl (C=O) groups excluding carboxylic acids is 2. The van der Waals surface area contributed by atoms with Crippen molar-refractivity contribution < 1.29 is 90.7 Å². The molecule has 0 unspecified atom stereocenters. The quantitative estimate of drug-likeness (QED) is 0.0581. The zero-order valence-corrected chi connectivity index (χ0v) is 38.5. The number of unbranched alkanes of at least 4 members (excludes halogenated alkanes) is 8. The van der Waals surface area contributed by atoms with E-state index >= 15 is 0 Å². The Bertz CT molecular complexity index is 2340. The second kappa shape index (κ2) is 32.2. The van der Waals surface area contributed by atoms with E-state index in [1.807, 2.05) is 0 Å². The Morgan fingerprint density at radius 1 is 0.551 bits per heavy atom. The Labute approximate surface area is 431 Å². The Balaban J connectivity index is 0.000000380. The third-order valence-electron chi connectivity index (χ3n) is 10.7. The van der Waals surface area contributed by atoms with E-state index in [4.69, 9.17) is 61.3 Å². The van der Waals surface area contributed by atoms with Gasteiger partial charge in [0.1, 0.15) is 38.6 Å². The molecule has 390 valence electrons. The van der Waals surface area contributed by atoms with Crippen molar-refractivity contribution in [1.82, 2.24) is 20.4 Å². The molecule has 6 atom stereocenters. The molecule has 0 saturated carbocycles. The van der Waals surface area contributed by atoms with Gasteiger partial charge in [0.05, 0.1) is 12.1 Å². The number of likely N-dealkylation sites (tertiary alicyclic amines) is 2. The Morgan fingerprint density at radius 3 is 1.22 bits per heavy atom. The summed E-state index contributed by atoms with van der Waals surface area (Å²) < 4.78 is 153. The topological polar surface area (TPSA) is 257 Å². The van der Waals surface area contributed by atoms with E-state index < -0.39 is 125 Å². The molecule has 4 aliphatic heterocycles. The van der Waals surface area contributed by atoms with Crippen molar-refractivity contribution in [2.75, 3.05) is 65.5 Å². The monoisotopic (exact) mass is 991 g/mol. The van der Waals surface area contributed by atoms with Gasteiger partial charge >= 0.3 is 11.9 Å². The number of carboxylic acid groups (broad SMARTS) is 2. The smallest absolute Gasteiger partial charge is 0.335 e. The summed E-state index contributed by atoms with van der Waals surface area (Å²) in [6.45, 7) is -8.15. The number of aliphatic carboxylic acids is 2. The predicted molar refractivity (Wildman–Crippen MR) is 261 cm³/mol. The molecule has 8 N–H and O–H groups in total. The van der Waals surface area contributed by atoms with Crippen molar-refractivity contribution in [3.63, 3.8) is 0 Å². The van der Waals surface area contributed by atoms with E-state index in [1.165, 1.54) is 12.1 Å². The van der Waals surface area contributed by atoms with Gasteiger partial charge in [0.25, 0.3) is 0 Å². The van der Waals surface area contributed by atoms with Crippen LogP contribution in [0.3, 0.4) is 0 Å². The molecular weight excluding hydrogens is 893 g/mol. The molecule has 6 rings (SSSR count). The van der Waals surface area contributed by atoms with Gasteiger partial charge in [-0.25, -0.2) is 9.59 Å². The van der Waals surface area contributed by atoms with Gasteiger partial charge in [0.15, 0.2) is 35.2 Å². The van der Waals surface area contributed by atoms with Gasteiger partial charge in [0, 0.05) is 47.9 Å². The number of aliphatic hydroxyl groups excluding tert-OH is 4. The molecule has 2 saturated heterocycles. The van der Waals surface area contributed by atoms with Gasteiger partial charge in [-0.05, 0) is 99.7 Å². The highest BCUT2D eigenvalue weighted by Crippen LogP contribution is 2.35. The first-order valence-electron chi connectivity index (χ1n) is 30.9. The Morgan fingerprint density at radius 2 is 0.884 bits per heavy atom. The summed E-state index contributed by atoms with van der Waals surface area (Å²) in [4.78, 5) is 46.0. The lowest BCUT2D eigenvalue weighted by Gasteiger charge is -2.29. The minimum absolute atomic E-state index is 0. The number of ether oxygens (including phenoxy) is 4. The maximum Gasteiger partial charge on any atom is 0.335 e. The minimum Gasteiger partial charge on any atom is -0.486 e. The molecule has 0 spiro atoms. The van der Waals surface area contributed by atoms with Gasteiger partial charge < -0.3 is 70.0 Å². The minimum atomic E-state index is -3.21. The molecule has 2 aromatic rings. The van der Waals surface area contributed by atoms with Crippen molar-refractivity contribution in [3.8, 4) is 23.0 Å². The number of hydrogen-bond acceptors (Lipinski definition) is 14. The number of amides is 2. The average molecular weight is 991 g/mol. The number of benzene rings is 2. The fourth-order valence-corrected chi connectivity index (χ4v) is 7.02. The van der Waals surface area contributed by atoms with Crippen LogP contribution in [-0.4, -0.2) is 154 Å². The molecule has 0 aliphatic carbocycles. The number of rotatable bonds is 25. The van der Waals surface area contributed by atoms with Crippen LogP contribution >= 0.6 is 0 Å². The molecule has 69 heavy (non-hydrogen) atoms. The molecule has 2 fully saturated rings. The lowest BCUT2D eigenvalue weighted by Crippen LogP contribution is -2.46. The standard InChI is InChI=1S/2C23H36N2O4.C4H6O6.CH4/c2*1-2-3-4-5-6-9-22(26)24-19(17-25-12-7-8-13-25)23(27)18-10-11-20-21(16-18)29-15-14-28-20;5-1(3(7)8)2(6)4(9)10;/h2*10-11,16,19,23,27H,2-9,12-15,17H2,1H3,(H,24,26);1-2,5-6H,(H,7,8)(H,9,10);1H4/t2*19-,23-;1-,2-;/m111./s1/i2*7D2,8D2,12D2,13D2;;. The van der Waals surface area contributed by atoms with Crippen LogP contribution in [0.5, 0.6) is 23.0 Å². The summed E-state index contributed by atoms with van der Waals surface area (Å²) in [6.07, 6.45) is -10.9. The molecule has 18 nitrogen and oxygen atoms in total. The third kappa shape index (κ3) is 20.6. The first-order valence-corrected chi connectivity index (χ1v) is 22.9.